The molecule has 0 saturated carbocycles. The van der Waals surface area contributed by atoms with Gasteiger partial charge in [-0.3, -0.25) is 0 Å². The number of ether oxygens (including phenoxy) is 1. The predicted octanol–water partition coefficient (Wildman–Crippen LogP) is 2.72. The van der Waals surface area contributed by atoms with Crippen molar-refractivity contribution < 1.29 is 9.53 Å². The van der Waals surface area contributed by atoms with E-state index in [1.165, 1.54) is 9.37 Å². The standard InChI is InChI=1S/3C6H5.C4H7O2.Pb/c3*1-2-4-6-5-3-1;1-3-6-4(2)5;/h3*1-5H;2-3H2,1H3;. The Kier molecular flexibility index (Phi) is 6.02. The summed E-state index contributed by atoms with van der Waals surface area (Å²) in [5.41, 5.74) is 0. The molecule has 0 amide bonds. The summed E-state index contributed by atoms with van der Waals surface area (Å²) in [5.74, 6) is -0.0966. The second-order valence-corrected chi connectivity index (χ2v) is 21.1. The van der Waals surface area contributed by atoms with Gasteiger partial charge in [-0.1, -0.05) is 0 Å². The van der Waals surface area contributed by atoms with Crippen LogP contribution in [0.4, 0.5) is 0 Å². The number of rotatable bonds is 6. The number of carbonyl (C=O) groups is 1. The van der Waals surface area contributed by atoms with Gasteiger partial charge >= 0.3 is 155 Å². The number of hydrogen-bond acceptors (Lipinski definition) is 2. The van der Waals surface area contributed by atoms with E-state index < -0.39 is 21.2 Å². The Balaban J connectivity index is 2.26. The van der Waals surface area contributed by atoms with Crippen LogP contribution >= 0.6 is 0 Å². The fourth-order valence-corrected chi connectivity index (χ4v) is 20.6. The van der Waals surface area contributed by atoms with Crippen LogP contribution < -0.4 is 9.37 Å². The Labute approximate surface area is 154 Å². The fraction of sp³-hybridized carbons (Fsp3) is 0.136. The molecule has 0 N–H and O–H groups in total. The van der Waals surface area contributed by atoms with E-state index in [0.29, 0.717) is 10.6 Å². The van der Waals surface area contributed by atoms with Crippen LogP contribution in [0.15, 0.2) is 91.0 Å². The molecule has 25 heavy (non-hydrogen) atoms. The summed E-state index contributed by atoms with van der Waals surface area (Å²) in [6.07, 6.45) is 0. The third-order valence-electron chi connectivity index (χ3n) is 4.51. The van der Waals surface area contributed by atoms with Gasteiger partial charge in [0, 0.05) is 0 Å². The Morgan fingerprint density at radius 3 is 1.40 bits per heavy atom. The Hall–Kier alpha value is -1.95. The molecule has 0 aliphatic carbocycles. The maximum absolute atomic E-state index is 12.6. The summed E-state index contributed by atoms with van der Waals surface area (Å²) in [4.78, 5) is 12.6. The fourth-order valence-electron chi connectivity index (χ4n) is 3.40. The van der Waals surface area contributed by atoms with E-state index in [1.807, 2.05) is 25.1 Å². The van der Waals surface area contributed by atoms with Crippen LogP contribution in [0.5, 0.6) is 0 Å². The minimum atomic E-state index is -3.65. The quantitative estimate of drug-likeness (QED) is 0.366. The van der Waals surface area contributed by atoms with Crippen molar-refractivity contribution in [2.24, 2.45) is 0 Å². The van der Waals surface area contributed by atoms with Gasteiger partial charge in [-0.15, -0.1) is 0 Å². The number of esters is 1. The number of benzene rings is 3. The molecule has 0 unspecified atom stereocenters. The maximum atomic E-state index is 12.6. The second kappa shape index (κ2) is 8.43. The first-order valence-electron chi connectivity index (χ1n) is 8.59. The molecular weight excluding hydrogens is 503 g/mol. The van der Waals surface area contributed by atoms with E-state index in [-0.39, 0.29) is 5.97 Å². The first kappa shape index (κ1) is 17.9. The SMILES string of the molecule is CCOC(=O)[CH2][Pb]([c]1ccccc1)([c]1ccccc1)[c]1ccccc1. The van der Waals surface area contributed by atoms with Crippen LogP contribution in [0.2, 0.25) is 3.98 Å². The van der Waals surface area contributed by atoms with Gasteiger partial charge in [0.1, 0.15) is 0 Å². The van der Waals surface area contributed by atoms with Crippen molar-refractivity contribution >= 4 is 36.5 Å². The van der Waals surface area contributed by atoms with Crippen molar-refractivity contribution in [2.45, 2.75) is 10.9 Å². The summed E-state index contributed by atoms with van der Waals surface area (Å²) < 4.78 is 9.78. The Bertz CT molecular complexity index is 705. The zero-order valence-electron chi connectivity index (χ0n) is 14.4. The molecule has 3 aromatic carbocycles. The molecular formula is C22H22O2Pb. The molecule has 0 aliphatic rings. The van der Waals surface area contributed by atoms with Crippen LogP contribution in [0.3, 0.4) is 0 Å². The van der Waals surface area contributed by atoms with Gasteiger partial charge in [-0.2, -0.15) is 0 Å². The third kappa shape index (κ3) is 3.84. The Morgan fingerprint density at radius 2 is 1.08 bits per heavy atom. The van der Waals surface area contributed by atoms with Gasteiger partial charge in [-0.05, 0) is 0 Å². The monoisotopic (exact) mass is 526 g/mol. The topological polar surface area (TPSA) is 26.3 Å². The van der Waals surface area contributed by atoms with Crippen LogP contribution in [-0.2, 0) is 9.53 Å². The zero-order valence-corrected chi connectivity index (χ0v) is 18.3. The molecule has 0 bridgehead atoms. The first-order chi connectivity index (χ1) is 12.3. The number of hydrogen-bond donors (Lipinski definition) is 0. The summed E-state index contributed by atoms with van der Waals surface area (Å²) in [6.45, 7) is 2.28. The molecule has 0 aromatic heterocycles. The van der Waals surface area contributed by atoms with Crippen molar-refractivity contribution in [2.75, 3.05) is 6.61 Å². The molecule has 0 fully saturated rings. The van der Waals surface area contributed by atoms with E-state index in [9.17, 15) is 4.79 Å². The van der Waals surface area contributed by atoms with Gasteiger partial charge in [0.15, 0.2) is 0 Å². The molecule has 3 rings (SSSR count). The van der Waals surface area contributed by atoms with E-state index in [0.717, 1.165) is 0 Å². The van der Waals surface area contributed by atoms with E-state index in [1.54, 1.807) is 0 Å². The summed E-state index contributed by atoms with van der Waals surface area (Å²) in [7, 11) is 0. The summed E-state index contributed by atoms with van der Waals surface area (Å²) in [5, 5.41) is 0. The first-order valence-corrected chi connectivity index (χ1v) is 17.2. The molecule has 0 radical (unpaired) electrons. The van der Waals surface area contributed by atoms with E-state index in [2.05, 4.69) is 72.8 Å². The van der Waals surface area contributed by atoms with Crippen molar-refractivity contribution in [1.82, 2.24) is 0 Å². The second-order valence-electron chi connectivity index (χ2n) is 5.99. The molecule has 0 saturated heterocycles. The normalized spacial score (nSPS) is 11.1. The average molecular weight is 526 g/mol. The molecule has 3 heteroatoms. The molecule has 0 atom stereocenters. The molecule has 0 spiro atoms. The van der Waals surface area contributed by atoms with Crippen molar-refractivity contribution in [3.63, 3.8) is 0 Å². The van der Waals surface area contributed by atoms with Gasteiger partial charge in [-0.25, -0.2) is 0 Å². The molecule has 0 heterocycles. The summed E-state index contributed by atoms with van der Waals surface area (Å²) in [6, 6.07) is 31.6. The van der Waals surface area contributed by atoms with Gasteiger partial charge in [0.2, 0.25) is 0 Å². The molecule has 126 valence electrons. The molecule has 3 aromatic rings. The molecule has 0 aliphatic heterocycles. The Morgan fingerprint density at radius 1 is 0.720 bits per heavy atom. The van der Waals surface area contributed by atoms with Crippen LogP contribution in [0.1, 0.15) is 6.92 Å². The third-order valence-corrected chi connectivity index (χ3v) is 23.1. The van der Waals surface area contributed by atoms with Gasteiger partial charge < -0.3 is 0 Å². The van der Waals surface area contributed by atoms with Crippen molar-refractivity contribution in [3.05, 3.63) is 91.0 Å². The van der Waals surface area contributed by atoms with Gasteiger partial charge in [0.05, 0.1) is 0 Å². The van der Waals surface area contributed by atoms with E-state index >= 15 is 0 Å². The summed E-state index contributed by atoms with van der Waals surface area (Å²) >= 11 is -3.65. The molecule has 2 nitrogen and oxygen atoms in total. The average Bonchev–Trinajstić information content (AvgIpc) is 2.68. The van der Waals surface area contributed by atoms with Crippen molar-refractivity contribution in [1.29, 1.82) is 0 Å². The van der Waals surface area contributed by atoms with Crippen LogP contribution in [0.25, 0.3) is 0 Å². The van der Waals surface area contributed by atoms with Crippen LogP contribution in [0, 0.1) is 0 Å². The van der Waals surface area contributed by atoms with Gasteiger partial charge in [0.25, 0.3) is 0 Å². The minimum absolute atomic E-state index is 0.0966. The van der Waals surface area contributed by atoms with Crippen molar-refractivity contribution in [3.8, 4) is 0 Å². The van der Waals surface area contributed by atoms with E-state index in [4.69, 9.17) is 4.74 Å². The zero-order chi connectivity index (χ0) is 17.5. The predicted molar refractivity (Wildman–Crippen MR) is 105 cm³/mol. The van der Waals surface area contributed by atoms with Crippen LogP contribution in [-0.4, -0.2) is 33.7 Å². The number of carbonyl (C=O) groups excluding carboxylic acids is 1.